The van der Waals surface area contributed by atoms with Crippen molar-refractivity contribution in [2.24, 2.45) is 0 Å². The molecule has 0 atom stereocenters. The van der Waals surface area contributed by atoms with Gasteiger partial charge in [-0.25, -0.2) is 0 Å². The minimum atomic E-state index is -4.36. The highest BCUT2D eigenvalue weighted by atomic mass is 79.9. The second-order valence-electron chi connectivity index (χ2n) is 7.17. The third-order valence-corrected chi connectivity index (χ3v) is 9.64. The van der Waals surface area contributed by atoms with Crippen LogP contribution in [0.5, 0.6) is 0 Å². The van der Waals surface area contributed by atoms with Crippen LogP contribution < -0.4 is 15.9 Å². The second kappa shape index (κ2) is 9.80. The molecule has 4 aromatic carbocycles. The first-order chi connectivity index (χ1) is 14.5. The van der Waals surface area contributed by atoms with Crippen LogP contribution in [0.1, 0.15) is 11.1 Å². The number of hydrogen-bond acceptors (Lipinski definition) is 0. The highest BCUT2D eigenvalue weighted by Crippen LogP contribution is 2.58. The molecule has 0 fully saturated rings. The average Bonchev–Trinajstić information content (AvgIpc) is 2.79. The van der Waals surface area contributed by atoms with E-state index in [4.69, 9.17) is 0 Å². The van der Waals surface area contributed by atoms with Crippen LogP contribution in [-0.4, -0.2) is 0 Å². The highest BCUT2D eigenvalue weighted by molar-refractivity contribution is 8.93. The van der Waals surface area contributed by atoms with E-state index in [0.717, 1.165) is 22.0 Å². The fourth-order valence-corrected chi connectivity index (χ4v) is 8.12. The van der Waals surface area contributed by atoms with E-state index >= 15 is 0 Å². The van der Waals surface area contributed by atoms with Crippen molar-refractivity contribution in [3.63, 3.8) is 0 Å². The van der Waals surface area contributed by atoms with Crippen LogP contribution in [0.2, 0.25) is 0 Å². The van der Waals surface area contributed by atoms with Gasteiger partial charge in [0.15, 0.2) is 0 Å². The zero-order valence-corrected chi connectivity index (χ0v) is 19.3. The fourth-order valence-electron chi connectivity index (χ4n) is 3.89. The minimum Gasteiger partial charge on any atom is -0.166 e. The molecule has 0 nitrogen and oxygen atoms in total. The molecule has 0 saturated heterocycles. The first-order valence-electron chi connectivity index (χ1n) is 9.71. The Hall–Kier alpha value is -2.42. The van der Waals surface area contributed by atoms with Gasteiger partial charge in [-0.2, -0.15) is 13.2 Å². The lowest BCUT2D eigenvalue weighted by atomic mass is 10.1. The van der Waals surface area contributed by atoms with Crippen molar-refractivity contribution in [2.45, 2.75) is 12.3 Å². The molecule has 0 spiro atoms. The van der Waals surface area contributed by atoms with Crippen LogP contribution in [0.4, 0.5) is 13.2 Å². The van der Waals surface area contributed by atoms with Crippen LogP contribution in [0.15, 0.2) is 115 Å². The molecule has 4 aromatic rings. The molecule has 5 heteroatoms. The van der Waals surface area contributed by atoms with Crippen molar-refractivity contribution in [2.75, 3.05) is 0 Å². The molecule has 0 unspecified atom stereocenters. The van der Waals surface area contributed by atoms with Gasteiger partial charge in [-0.15, -0.1) is 17.0 Å². The highest BCUT2D eigenvalue weighted by Gasteiger charge is 2.45. The maximum absolute atomic E-state index is 13.4. The van der Waals surface area contributed by atoms with Crippen molar-refractivity contribution < 1.29 is 13.2 Å². The van der Waals surface area contributed by atoms with Gasteiger partial charge in [0.1, 0.15) is 23.2 Å². The Bertz CT molecular complexity index is 1000. The summed E-state index contributed by atoms with van der Waals surface area (Å²) in [5, 5.41) is 3.46. The quantitative estimate of drug-likeness (QED) is 0.264. The summed E-state index contributed by atoms with van der Waals surface area (Å²) in [5.41, 5.74) is 0.0852. The van der Waals surface area contributed by atoms with Crippen molar-refractivity contribution in [3.05, 3.63) is 126 Å². The lowest BCUT2D eigenvalue weighted by Gasteiger charge is -2.28. The van der Waals surface area contributed by atoms with Gasteiger partial charge in [0.05, 0.1) is 11.7 Å². The molecule has 158 valence electrons. The summed E-state index contributed by atoms with van der Waals surface area (Å²) in [6.07, 6.45) is -3.84. The number of rotatable bonds is 5. The fraction of sp³-hybridized carbons (Fsp3) is 0.0769. The van der Waals surface area contributed by atoms with E-state index in [1.165, 1.54) is 12.1 Å². The molecule has 0 heterocycles. The van der Waals surface area contributed by atoms with Gasteiger partial charge in [-0.1, -0.05) is 66.7 Å². The molecule has 31 heavy (non-hydrogen) atoms. The lowest BCUT2D eigenvalue weighted by molar-refractivity contribution is -0.137. The Balaban J connectivity index is 0.00000272. The van der Waals surface area contributed by atoms with Crippen LogP contribution >= 0.6 is 24.2 Å². The topological polar surface area (TPSA) is 0 Å². The van der Waals surface area contributed by atoms with Gasteiger partial charge in [0.2, 0.25) is 0 Å². The number of benzene rings is 4. The predicted molar refractivity (Wildman–Crippen MR) is 131 cm³/mol. The summed E-state index contributed by atoms with van der Waals surface area (Å²) in [5.74, 6) is 0. The monoisotopic (exact) mass is 501 g/mol. The van der Waals surface area contributed by atoms with Gasteiger partial charge < -0.3 is 0 Å². The number of hydrogen-bond donors (Lipinski definition) is 0. The van der Waals surface area contributed by atoms with E-state index in [0.29, 0.717) is 11.7 Å². The SMILES string of the molecule is Br.FC(F)(F)c1cccc(C[P+](c2ccccc2)(c2ccccc2)c2ccccc2)c1. The Morgan fingerprint density at radius 3 is 1.35 bits per heavy atom. The van der Waals surface area contributed by atoms with E-state index in [1.54, 1.807) is 6.07 Å². The molecule has 0 amide bonds. The molecule has 0 bridgehead atoms. The normalized spacial score (nSPS) is 11.6. The average molecular weight is 502 g/mol. The van der Waals surface area contributed by atoms with E-state index in [-0.39, 0.29) is 17.0 Å². The van der Waals surface area contributed by atoms with Crippen LogP contribution in [0.25, 0.3) is 0 Å². The summed E-state index contributed by atoms with van der Waals surface area (Å²) >= 11 is 0. The van der Waals surface area contributed by atoms with Crippen molar-refractivity contribution in [3.8, 4) is 0 Å². The van der Waals surface area contributed by atoms with Gasteiger partial charge in [-0.3, -0.25) is 0 Å². The summed E-state index contributed by atoms with van der Waals surface area (Å²) in [6, 6.07) is 36.3. The molecular formula is C26H22BrF3P+. The molecule has 0 aliphatic heterocycles. The Kier molecular flexibility index (Phi) is 7.35. The van der Waals surface area contributed by atoms with Crippen molar-refractivity contribution in [1.82, 2.24) is 0 Å². The van der Waals surface area contributed by atoms with E-state index in [9.17, 15) is 13.2 Å². The van der Waals surface area contributed by atoms with Gasteiger partial charge in [0.25, 0.3) is 0 Å². The third kappa shape index (κ3) is 4.92. The predicted octanol–water partition coefficient (Wildman–Crippen LogP) is 6.78. The summed E-state index contributed by atoms with van der Waals surface area (Å²) in [6.45, 7) is 0. The van der Waals surface area contributed by atoms with Crippen LogP contribution in [-0.2, 0) is 12.3 Å². The molecule has 0 aromatic heterocycles. The smallest absolute Gasteiger partial charge is 0.166 e. The maximum Gasteiger partial charge on any atom is 0.416 e. The third-order valence-electron chi connectivity index (χ3n) is 5.26. The summed E-state index contributed by atoms with van der Waals surface area (Å²) in [4.78, 5) is 0. The lowest BCUT2D eigenvalue weighted by Crippen LogP contribution is -2.32. The molecule has 0 N–H and O–H groups in total. The van der Waals surface area contributed by atoms with Crippen molar-refractivity contribution >= 4 is 40.2 Å². The zero-order chi connectivity index (χ0) is 21.0. The van der Waals surface area contributed by atoms with E-state index < -0.39 is 19.0 Å². The number of halogens is 4. The van der Waals surface area contributed by atoms with E-state index in [2.05, 4.69) is 36.4 Å². The first kappa shape index (κ1) is 23.2. The van der Waals surface area contributed by atoms with Gasteiger partial charge >= 0.3 is 6.18 Å². The number of alkyl halides is 3. The molecule has 4 rings (SSSR count). The largest absolute Gasteiger partial charge is 0.416 e. The van der Waals surface area contributed by atoms with Crippen molar-refractivity contribution in [1.29, 1.82) is 0 Å². The maximum atomic E-state index is 13.4. The molecule has 0 saturated carbocycles. The molecule has 0 radical (unpaired) electrons. The molecule has 0 aliphatic carbocycles. The summed E-state index contributed by atoms with van der Waals surface area (Å²) in [7, 11) is -2.21. The Labute approximate surface area is 191 Å². The second-order valence-corrected chi connectivity index (χ2v) is 10.7. The Morgan fingerprint density at radius 2 is 0.968 bits per heavy atom. The standard InChI is InChI=1S/C26H21F3P.BrH/c27-26(28,29)22-12-10-11-21(19-22)20-30(23-13-4-1-5-14-23,24-15-6-2-7-16-24)25-17-8-3-9-18-25;/h1-19H,20H2;1H/q+1;. The summed E-state index contributed by atoms with van der Waals surface area (Å²) < 4.78 is 40.1. The molecular weight excluding hydrogens is 480 g/mol. The Morgan fingerprint density at radius 1 is 0.548 bits per heavy atom. The minimum absolute atomic E-state index is 0. The van der Waals surface area contributed by atoms with Gasteiger partial charge in [-0.05, 0) is 54.1 Å². The van der Waals surface area contributed by atoms with Crippen LogP contribution in [0, 0.1) is 0 Å². The van der Waals surface area contributed by atoms with Crippen LogP contribution in [0.3, 0.4) is 0 Å². The van der Waals surface area contributed by atoms with Gasteiger partial charge in [0, 0.05) is 0 Å². The first-order valence-corrected chi connectivity index (χ1v) is 11.7. The zero-order valence-electron chi connectivity index (χ0n) is 16.7. The van der Waals surface area contributed by atoms with E-state index in [1.807, 2.05) is 54.6 Å². The molecule has 0 aliphatic rings.